The van der Waals surface area contributed by atoms with Crippen molar-refractivity contribution in [2.45, 2.75) is 19.4 Å². The van der Waals surface area contributed by atoms with Gasteiger partial charge in [-0.25, -0.2) is 4.98 Å². The van der Waals surface area contributed by atoms with Crippen LogP contribution < -0.4 is 5.32 Å². The highest BCUT2D eigenvalue weighted by molar-refractivity contribution is 7.17. The van der Waals surface area contributed by atoms with Crippen molar-refractivity contribution < 1.29 is 4.79 Å². The van der Waals surface area contributed by atoms with Gasteiger partial charge in [-0.3, -0.25) is 4.79 Å². The zero-order valence-electron chi connectivity index (χ0n) is 15.1. The number of hydrogen-bond acceptors (Lipinski definition) is 5. The van der Waals surface area contributed by atoms with E-state index in [2.05, 4.69) is 35.8 Å². The Hall–Kier alpha value is -1.73. The molecule has 1 aliphatic rings. The van der Waals surface area contributed by atoms with Crippen LogP contribution in [0.1, 0.15) is 11.8 Å². The van der Waals surface area contributed by atoms with Gasteiger partial charge in [0.05, 0.1) is 17.0 Å². The molecular weight excluding hydrogens is 398 g/mol. The first-order valence-corrected chi connectivity index (χ1v) is 10.5. The third kappa shape index (κ3) is 4.41. The van der Waals surface area contributed by atoms with E-state index in [1.807, 2.05) is 29.2 Å². The van der Waals surface area contributed by atoms with Gasteiger partial charge in [-0.2, -0.15) is 0 Å². The Labute approximate surface area is 173 Å². The molecule has 0 radical (unpaired) electrons. The number of amides is 1. The summed E-state index contributed by atoms with van der Waals surface area (Å²) in [6.45, 7) is 4.61. The Bertz CT molecular complexity index is 880. The number of hydrogen-bond donors (Lipinski definition) is 1. The molecule has 3 heterocycles. The van der Waals surface area contributed by atoms with Gasteiger partial charge in [0.1, 0.15) is 5.01 Å². The molecule has 4 rings (SSSR count). The quantitative estimate of drug-likeness (QED) is 0.684. The molecule has 0 spiro atoms. The summed E-state index contributed by atoms with van der Waals surface area (Å²) in [6, 6.07) is 14.5. The molecule has 1 N–H and O–H groups in total. The predicted molar refractivity (Wildman–Crippen MR) is 116 cm³/mol. The number of aromatic nitrogens is 1. The van der Waals surface area contributed by atoms with Crippen molar-refractivity contribution >= 4 is 41.0 Å². The summed E-state index contributed by atoms with van der Waals surface area (Å²) in [5.41, 5.74) is 2.06. The van der Waals surface area contributed by atoms with Gasteiger partial charge in [-0.1, -0.05) is 36.4 Å². The van der Waals surface area contributed by atoms with Gasteiger partial charge in [0, 0.05) is 36.1 Å². The monoisotopic (exact) mass is 419 g/mol. The molecule has 1 aliphatic heterocycles. The van der Waals surface area contributed by atoms with Crippen LogP contribution in [0, 0.1) is 0 Å². The maximum absolute atomic E-state index is 12.9. The molecule has 1 saturated heterocycles. The van der Waals surface area contributed by atoms with Crippen molar-refractivity contribution in [3.8, 4) is 21.1 Å². The van der Waals surface area contributed by atoms with E-state index >= 15 is 0 Å². The van der Waals surface area contributed by atoms with Crippen molar-refractivity contribution in [3.05, 3.63) is 52.7 Å². The second-order valence-electron chi connectivity index (χ2n) is 6.45. The number of piperazine rings is 1. The maximum Gasteiger partial charge on any atom is 0.228 e. The highest BCUT2D eigenvalue weighted by atomic mass is 35.5. The van der Waals surface area contributed by atoms with Crippen molar-refractivity contribution in [1.29, 1.82) is 0 Å². The number of rotatable bonds is 4. The molecule has 0 bridgehead atoms. The average molecular weight is 420 g/mol. The largest absolute Gasteiger partial charge is 0.337 e. The Morgan fingerprint density at radius 3 is 2.78 bits per heavy atom. The SMILES string of the molecule is C[C@H]1CNCCN1C(=O)Cc1sc(-c2ccccc2)nc1-c1cccs1.Cl. The zero-order valence-corrected chi connectivity index (χ0v) is 17.5. The van der Waals surface area contributed by atoms with Crippen LogP contribution in [0.25, 0.3) is 21.1 Å². The summed E-state index contributed by atoms with van der Waals surface area (Å²) in [5, 5.41) is 6.37. The number of thiazole rings is 1. The summed E-state index contributed by atoms with van der Waals surface area (Å²) >= 11 is 3.31. The fraction of sp³-hybridized carbons (Fsp3) is 0.300. The van der Waals surface area contributed by atoms with E-state index in [0.717, 1.165) is 45.7 Å². The highest BCUT2D eigenvalue weighted by Crippen LogP contribution is 2.36. The number of thiophene rings is 1. The van der Waals surface area contributed by atoms with Crippen LogP contribution in [0.3, 0.4) is 0 Å². The standard InChI is InChI=1S/C20H21N3OS2.ClH/c1-14-13-21-9-10-23(14)18(24)12-17-19(16-8-5-11-25-16)22-20(26-17)15-6-3-2-4-7-15;/h2-8,11,14,21H,9-10,12-13H2,1H3;1H/t14-;/m0./s1. The second-order valence-corrected chi connectivity index (χ2v) is 8.48. The van der Waals surface area contributed by atoms with Crippen molar-refractivity contribution in [1.82, 2.24) is 15.2 Å². The lowest BCUT2D eigenvalue weighted by Crippen LogP contribution is -2.52. The molecular formula is C20H22ClN3OS2. The van der Waals surface area contributed by atoms with Crippen LogP contribution >= 0.6 is 35.1 Å². The number of benzene rings is 1. The summed E-state index contributed by atoms with van der Waals surface area (Å²) in [6.07, 6.45) is 0.419. The van der Waals surface area contributed by atoms with E-state index in [1.54, 1.807) is 22.7 Å². The molecule has 1 fully saturated rings. The van der Waals surface area contributed by atoms with Crippen LogP contribution in [0.5, 0.6) is 0 Å². The smallest absolute Gasteiger partial charge is 0.228 e. The molecule has 0 saturated carbocycles. The van der Waals surface area contributed by atoms with E-state index < -0.39 is 0 Å². The first-order valence-electron chi connectivity index (χ1n) is 8.81. The summed E-state index contributed by atoms with van der Waals surface area (Å²) in [5.74, 6) is 0.195. The number of halogens is 1. The maximum atomic E-state index is 12.9. The predicted octanol–water partition coefficient (Wildman–Crippen LogP) is 4.32. The molecule has 4 nitrogen and oxygen atoms in total. The first kappa shape index (κ1) is 20.0. The average Bonchev–Trinajstić information content (AvgIpc) is 3.32. The third-order valence-corrected chi connectivity index (χ3v) is 6.59. The number of carbonyl (C=O) groups excluding carboxylic acids is 1. The van der Waals surface area contributed by atoms with E-state index in [9.17, 15) is 4.79 Å². The van der Waals surface area contributed by atoms with Crippen molar-refractivity contribution in [3.63, 3.8) is 0 Å². The summed E-state index contributed by atoms with van der Waals surface area (Å²) < 4.78 is 0. The lowest BCUT2D eigenvalue weighted by atomic mass is 10.1. The van der Waals surface area contributed by atoms with Crippen molar-refractivity contribution in [2.75, 3.05) is 19.6 Å². The second kappa shape index (κ2) is 8.97. The van der Waals surface area contributed by atoms with E-state index in [4.69, 9.17) is 4.98 Å². The van der Waals surface area contributed by atoms with Gasteiger partial charge in [0.2, 0.25) is 5.91 Å². The lowest BCUT2D eigenvalue weighted by molar-refractivity contribution is -0.133. The Balaban J connectivity index is 0.00000210. The van der Waals surface area contributed by atoms with E-state index in [-0.39, 0.29) is 24.4 Å². The number of nitrogens with zero attached hydrogens (tertiary/aromatic N) is 2. The number of nitrogens with one attached hydrogen (secondary N) is 1. The molecule has 0 unspecified atom stereocenters. The zero-order chi connectivity index (χ0) is 17.9. The Kier molecular flexibility index (Phi) is 6.65. The van der Waals surface area contributed by atoms with Gasteiger partial charge >= 0.3 is 0 Å². The minimum atomic E-state index is 0. The molecule has 3 aromatic rings. The van der Waals surface area contributed by atoms with Gasteiger partial charge in [-0.15, -0.1) is 35.1 Å². The molecule has 1 aromatic carbocycles. The van der Waals surface area contributed by atoms with E-state index in [1.165, 1.54) is 0 Å². The molecule has 7 heteroatoms. The van der Waals surface area contributed by atoms with Gasteiger partial charge in [-0.05, 0) is 18.4 Å². The van der Waals surface area contributed by atoms with Gasteiger partial charge in [0.25, 0.3) is 0 Å². The molecule has 1 amide bonds. The minimum Gasteiger partial charge on any atom is -0.337 e. The lowest BCUT2D eigenvalue weighted by Gasteiger charge is -2.34. The van der Waals surface area contributed by atoms with Crippen molar-refractivity contribution in [2.24, 2.45) is 0 Å². The molecule has 27 heavy (non-hydrogen) atoms. The molecule has 2 aromatic heterocycles. The molecule has 0 aliphatic carbocycles. The fourth-order valence-corrected chi connectivity index (χ4v) is 5.11. The third-order valence-electron chi connectivity index (χ3n) is 4.61. The van der Waals surface area contributed by atoms with Crippen LogP contribution in [0.4, 0.5) is 0 Å². The fourth-order valence-electron chi connectivity index (χ4n) is 3.23. The highest BCUT2D eigenvalue weighted by Gasteiger charge is 2.25. The minimum absolute atomic E-state index is 0. The van der Waals surface area contributed by atoms with Crippen LogP contribution in [0.15, 0.2) is 47.8 Å². The Morgan fingerprint density at radius 2 is 2.07 bits per heavy atom. The molecule has 142 valence electrons. The first-order chi connectivity index (χ1) is 12.7. The van der Waals surface area contributed by atoms with Crippen LogP contribution in [-0.2, 0) is 11.2 Å². The summed E-state index contributed by atoms with van der Waals surface area (Å²) in [7, 11) is 0. The van der Waals surface area contributed by atoms with Crippen LogP contribution in [0.2, 0.25) is 0 Å². The summed E-state index contributed by atoms with van der Waals surface area (Å²) in [4.78, 5) is 22.0. The van der Waals surface area contributed by atoms with Crippen LogP contribution in [-0.4, -0.2) is 41.5 Å². The van der Waals surface area contributed by atoms with Gasteiger partial charge in [0.15, 0.2) is 0 Å². The normalized spacial score (nSPS) is 16.8. The van der Waals surface area contributed by atoms with Gasteiger partial charge < -0.3 is 10.2 Å². The molecule has 1 atom stereocenters. The number of carbonyl (C=O) groups is 1. The topological polar surface area (TPSA) is 45.2 Å². The Morgan fingerprint density at radius 1 is 1.26 bits per heavy atom. The van der Waals surface area contributed by atoms with E-state index in [0.29, 0.717) is 6.42 Å².